The van der Waals surface area contributed by atoms with Gasteiger partial charge in [-0.1, -0.05) is 0 Å². The Kier molecular flexibility index (Phi) is 6.08. The third kappa shape index (κ3) is 4.86. The lowest BCUT2D eigenvalue weighted by Gasteiger charge is -2.12. The van der Waals surface area contributed by atoms with Crippen LogP contribution < -0.4 is 15.4 Å². The average Bonchev–Trinajstić information content (AvgIpc) is 3.21. The molecule has 142 valence electrons. The van der Waals surface area contributed by atoms with Gasteiger partial charge in [0.05, 0.1) is 6.10 Å². The lowest BCUT2D eigenvalue weighted by atomic mass is 10.1. The lowest BCUT2D eigenvalue weighted by Crippen LogP contribution is -2.18. The monoisotopic (exact) mass is 368 g/mol. The summed E-state index contributed by atoms with van der Waals surface area (Å²) in [5.41, 5.74) is 2.59. The van der Waals surface area contributed by atoms with Crippen LogP contribution >= 0.6 is 0 Å². The molecule has 1 atom stereocenters. The first-order valence-corrected chi connectivity index (χ1v) is 9.05. The molecule has 0 spiro atoms. The Balaban J connectivity index is 1.59. The number of ether oxygens (including phenoxy) is 2. The summed E-state index contributed by atoms with van der Waals surface area (Å²) in [6.45, 7) is 3.18. The van der Waals surface area contributed by atoms with Crippen molar-refractivity contribution in [3.05, 3.63) is 59.2 Å². The molecule has 1 aliphatic heterocycles. The number of rotatable bonds is 6. The molecule has 1 heterocycles. The van der Waals surface area contributed by atoms with Gasteiger partial charge in [0.2, 0.25) is 0 Å². The van der Waals surface area contributed by atoms with Gasteiger partial charge in [-0.15, -0.1) is 0 Å². The van der Waals surface area contributed by atoms with E-state index in [1.165, 1.54) is 0 Å². The number of carbonyl (C=O) groups excluding carboxylic acids is 2. The van der Waals surface area contributed by atoms with Crippen LogP contribution in [0.3, 0.4) is 0 Å². The van der Waals surface area contributed by atoms with Crippen LogP contribution in [0.25, 0.3) is 0 Å². The first-order chi connectivity index (χ1) is 13.1. The largest absolute Gasteiger partial charge is 0.491 e. The molecule has 27 heavy (non-hydrogen) atoms. The molecule has 3 rings (SSSR count). The van der Waals surface area contributed by atoms with E-state index in [0.29, 0.717) is 29.2 Å². The molecular formula is C21H24N2O4. The highest BCUT2D eigenvalue weighted by Crippen LogP contribution is 2.20. The zero-order valence-electron chi connectivity index (χ0n) is 15.6. The average molecular weight is 368 g/mol. The zero-order valence-corrected chi connectivity index (χ0v) is 15.6. The van der Waals surface area contributed by atoms with Crippen LogP contribution in [0.4, 0.5) is 5.69 Å². The number of carbonyl (C=O) groups is 2. The van der Waals surface area contributed by atoms with E-state index in [1.807, 2.05) is 6.92 Å². The standard InChI is InChI=1S/C21H24N2O4/c1-14-12-16(20(24)22-2)7-10-19(14)23-21(25)15-5-8-17(9-6-15)27-13-18-4-3-11-26-18/h5-10,12,18H,3-4,11,13H2,1-2H3,(H,22,24)(H,23,25). The van der Waals surface area contributed by atoms with Gasteiger partial charge in [0, 0.05) is 30.5 Å². The molecule has 1 saturated heterocycles. The highest BCUT2D eigenvalue weighted by atomic mass is 16.5. The van der Waals surface area contributed by atoms with Gasteiger partial charge in [-0.25, -0.2) is 0 Å². The molecule has 0 radical (unpaired) electrons. The maximum absolute atomic E-state index is 12.5. The van der Waals surface area contributed by atoms with Crippen LogP contribution in [0.1, 0.15) is 39.1 Å². The maximum atomic E-state index is 12.5. The van der Waals surface area contributed by atoms with Gasteiger partial charge in [0.15, 0.2) is 0 Å². The summed E-state index contributed by atoms with van der Waals surface area (Å²) in [5, 5.41) is 5.46. The topological polar surface area (TPSA) is 76.7 Å². The minimum absolute atomic E-state index is 0.158. The zero-order chi connectivity index (χ0) is 19.2. The number of anilines is 1. The predicted molar refractivity (Wildman–Crippen MR) is 103 cm³/mol. The van der Waals surface area contributed by atoms with Crippen molar-refractivity contribution in [3.63, 3.8) is 0 Å². The van der Waals surface area contributed by atoms with Crippen LogP contribution in [0, 0.1) is 6.92 Å². The van der Waals surface area contributed by atoms with Gasteiger partial charge in [-0.2, -0.15) is 0 Å². The van der Waals surface area contributed by atoms with Gasteiger partial charge in [-0.3, -0.25) is 9.59 Å². The number of hydrogen-bond donors (Lipinski definition) is 2. The Bertz CT molecular complexity index is 811. The van der Waals surface area contributed by atoms with E-state index in [0.717, 1.165) is 25.0 Å². The number of hydrogen-bond acceptors (Lipinski definition) is 4. The Morgan fingerprint density at radius 3 is 2.48 bits per heavy atom. The molecule has 1 aliphatic rings. The van der Waals surface area contributed by atoms with Gasteiger partial charge in [0.1, 0.15) is 12.4 Å². The molecule has 2 N–H and O–H groups in total. The lowest BCUT2D eigenvalue weighted by molar-refractivity contribution is 0.0679. The summed E-state index contributed by atoms with van der Waals surface area (Å²) >= 11 is 0. The normalized spacial score (nSPS) is 16.0. The van der Waals surface area contributed by atoms with E-state index in [1.54, 1.807) is 49.5 Å². The van der Waals surface area contributed by atoms with E-state index in [2.05, 4.69) is 10.6 Å². The van der Waals surface area contributed by atoms with Crippen molar-refractivity contribution in [1.29, 1.82) is 0 Å². The molecule has 0 saturated carbocycles. The molecule has 0 bridgehead atoms. The third-order valence-electron chi connectivity index (χ3n) is 4.54. The molecule has 6 nitrogen and oxygen atoms in total. The van der Waals surface area contributed by atoms with E-state index in [-0.39, 0.29) is 17.9 Å². The fourth-order valence-electron chi connectivity index (χ4n) is 2.95. The second-order valence-corrected chi connectivity index (χ2v) is 6.53. The van der Waals surface area contributed by atoms with Crippen molar-refractivity contribution in [2.24, 2.45) is 0 Å². The van der Waals surface area contributed by atoms with Crippen molar-refractivity contribution < 1.29 is 19.1 Å². The van der Waals surface area contributed by atoms with Crippen molar-refractivity contribution in [2.75, 3.05) is 25.6 Å². The highest BCUT2D eigenvalue weighted by molar-refractivity contribution is 6.05. The van der Waals surface area contributed by atoms with Crippen molar-refractivity contribution >= 4 is 17.5 Å². The van der Waals surface area contributed by atoms with E-state index in [9.17, 15) is 9.59 Å². The van der Waals surface area contributed by atoms with Gasteiger partial charge in [-0.05, 0) is 67.8 Å². The summed E-state index contributed by atoms with van der Waals surface area (Å²) in [7, 11) is 1.58. The molecule has 0 aromatic heterocycles. The molecule has 2 aromatic carbocycles. The molecule has 2 amide bonds. The predicted octanol–water partition coefficient (Wildman–Crippen LogP) is 3.16. The molecule has 6 heteroatoms. The summed E-state index contributed by atoms with van der Waals surface area (Å²) in [4.78, 5) is 24.1. The number of nitrogens with one attached hydrogen (secondary N) is 2. The fraction of sp³-hybridized carbons (Fsp3) is 0.333. The Labute approximate surface area is 158 Å². The molecule has 2 aromatic rings. The highest BCUT2D eigenvalue weighted by Gasteiger charge is 2.16. The number of amides is 2. The Morgan fingerprint density at radius 2 is 1.85 bits per heavy atom. The summed E-state index contributed by atoms with van der Waals surface area (Å²) in [6, 6.07) is 12.2. The quantitative estimate of drug-likeness (QED) is 0.821. The molecule has 1 unspecified atom stereocenters. The SMILES string of the molecule is CNC(=O)c1ccc(NC(=O)c2ccc(OCC3CCCO3)cc2)c(C)c1. The van der Waals surface area contributed by atoms with Crippen LogP contribution in [0.2, 0.25) is 0 Å². The minimum atomic E-state index is -0.212. The molecular weight excluding hydrogens is 344 g/mol. The van der Waals surface area contributed by atoms with Crippen molar-refractivity contribution in [3.8, 4) is 5.75 Å². The first-order valence-electron chi connectivity index (χ1n) is 9.05. The van der Waals surface area contributed by atoms with Crippen LogP contribution in [-0.2, 0) is 4.74 Å². The Morgan fingerprint density at radius 1 is 1.11 bits per heavy atom. The van der Waals surface area contributed by atoms with E-state index >= 15 is 0 Å². The molecule has 1 fully saturated rings. The molecule has 0 aliphatic carbocycles. The van der Waals surface area contributed by atoms with Crippen molar-refractivity contribution in [2.45, 2.75) is 25.9 Å². The van der Waals surface area contributed by atoms with E-state index < -0.39 is 0 Å². The van der Waals surface area contributed by atoms with E-state index in [4.69, 9.17) is 9.47 Å². The number of aryl methyl sites for hydroxylation is 1. The second kappa shape index (κ2) is 8.68. The first kappa shape index (κ1) is 18.9. The summed E-state index contributed by atoms with van der Waals surface area (Å²) in [6.07, 6.45) is 2.27. The van der Waals surface area contributed by atoms with Crippen LogP contribution in [0.15, 0.2) is 42.5 Å². The van der Waals surface area contributed by atoms with Gasteiger partial charge >= 0.3 is 0 Å². The van der Waals surface area contributed by atoms with Gasteiger partial charge < -0.3 is 20.1 Å². The van der Waals surface area contributed by atoms with Gasteiger partial charge in [0.25, 0.3) is 11.8 Å². The second-order valence-electron chi connectivity index (χ2n) is 6.53. The summed E-state index contributed by atoms with van der Waals surface area (Å²) < 4.78 is 11.2. The fourth-order valence-corrected chi connectivity index (χ4v) is 2.95. The minimum Gasteiger partial charge on any atom is -0.491 e. The number of benzene rings is 2. The van der Waals surface area contributed by atoms with Crippen LogP contribution in [-0.4, -0.2) is 38.2 Å². The Hall–Kier alpha value is -2.86. The maximum Gasteiger partial charge on any atom is 0.255 e. The summed E-state index contributed by atoms with van der Waals surface area (Å²) in [5.74, 6) is 0.346. The van der Waals surface area contributed by atoms with Crippen LogP contribution in [0.5, 0.6) is 5.75 Å². The third-order valence-corrected chi connectivity index (χ3v) is 4.54. The van der Waals surface area contributed by atoms with Crippen molar-refractivity contribution in [1.82, 2.24) is 5.32 Å². The smallest absolute Gasteiger partial charge is 0.255 e.